The fourth-order valence-corrected chi connectivity index (χ4v) is 3.81. The van der Waals surface area contributed by atoms with E-state index in [-0.39, 0.29) is 17.3 Å². The molecule has 0 aliphatic rings. The fourth-order valence-electron chi connectivity index (χ4n) is 1.24. The highest BCUT2D eigenvalue weighted by molar-refractivity contribution is 9.10. The van der Waals surface area contributed by atoms with E-state index in [1.54, 1.807) is 6.07 Å². The normalized spacial score (nSPS) is 10.6. The number of carbonyl (C=O) groups is 1. The van der Waals surface area contributed by atoms with Gasteiger partial charge in [0.15, 0.2) is 8.68 Å². The molecule has 0 aliphatic heterocycles. The lowest BCUT2D eigenvalue weighted by atomic mass is 10.3. The molecule has 9 heteroatoms. The number of thioether (sulfide) groups is 2. The van der Waals surface area contributed by atoms with E-state index in [0.29, 0.717) is 4.47 Å². The van der Waals surface area contributed by atoms with Gasteiger partial charge in [0.05, 0.1) is 11.4 Å². The Labute approximate surface area is 136 Å². The van der Waals surface area contributed by atoms with E-state index in [9.17, 15) is 9.18 Å². The van der Waals surface area contributed by atoms with Crippen LogP contribution in [0.1, 0.15) is 0 Å². The Balaban J connectivity index is 1.89. The first-order chi connectivity index (χ1) is 9.58. The van der Waals surface area contributed by atoms with Crippen molar-refractivity contribution in [3.05, 3.63) is 28.5 Å². The van der Waals surface area contributed by atoms with Gasteiger partial charge in [-0.05, 0) is 24.5 Å². The lowest BCUT2D eigenvalue weighted by Gasteiger charge is -2.05. The molecule has 0 spiro atoms. The van der Waals surface area contributed by atoms with Crippen molar-refractivity contribution >= 4 is 62.4 Å². The molecule has 1 aromatic carbocycles. The van der Waals surface area contributed by atoms with Crippen molar-refractivity contribution in [2.45, 2.75) is 8.68 Å². The molecule has 2 aromatic rings. The number of anilines is 1. The first kappa shape index (κ1) is 15.7. The van der Waals surface area contributed by atoms with Crippen LogP contribution >= 0.6 is 50.8 Å². The van der Waals surface area contributed by atoms with E-state index >= 15 is 0 Å². The Morgan fingerprint density at radius 2 is 2.20 bits per heavy atom. The van der Waals surface area contributed by atoms with E-state index in [1.807, 2.05) is 6.26 Å². The van der Waals surface area contributed by atoms with Crippen molar-refractivity contribution in [1.82, 2.24) is 10.2 Å². The second-order valence-electron chi connectivity index (χ2n) is 3.50. The number of nitrogens with zero attached hydrogens (tertiary/aromatic N) is 2. The van der Waals surface area contributed by atoms with Gasteiger partial charge in [-0.3, -0.25) is 4.79 Å². The molecule has 1 amide bonds. The van der Waals surface area contributed by atoms with Crippen molar-refractivity contribution in [3.63, 3.8) is 0 Å². The summed E-state index contributed by atoms with van der Waals surface area (Å²) in [6.07, 6.45) is 1.91. The molecule has 0 fully saturated rings. The molecule has 0 saturated carbocycles. The molecule has 106 valence electrons. The monoisotopic (exact) mass is 393 g/mol. The minimum Gasteiger partial charge on any atom is -0.323 e. The highest BCUT2D eigenvalue weighted by Crippen LogP contribution is 2.27. The van der Waals surface area contributed by atoms with Crippen LogP contribution in [0.5, 0.6) is 0 Å². The SMILES string of the molecule is CSc1nnc(SCC(=O)Nc2ccc(Br)cc2F)s1. The van der Waals surface area contributed by atoms with Gasteiger partial charge in [0, 0.05) is 4.47 Å². The summed E-state index contributed by atoms with van der Waals surface area (Å²) in [6.45, 7) is 0. The maximum Gasteiger partial charge on any atom is 0.234 e. The third-order valence-electron chi connectivity index (χ3n) is 2.09. The molecule has 1 aromatic heterocycles. The van der Waals surface area contributed by atoms with Crippen LogP contribution in [-0.2, 0) is 4.79 Å². The maximum atomic E-state index is 13.5. The van der Waals surface area contributed by atoms with Gasteiger partial charge in [-0.1, -0.05) is 50.8 Å². The molecular weight excluding hydrogens is 385 g/mol. The second-order valence-corrected chi connectivity index (χ2v) is 7.67. The second kappa shape index (κ2) is 7.39. The van der Waals surface area contributed by atoms with Gasteiger partial charge in [-0.2, -0.15) is 0 Å². The van der Waals surface area contributed by atoms with Crippen LogP contribution in [0.15, 0.2) is 31.4 Å². The van der Waals surface area contributed by atoms with Crippen molar-refractivity contribution in [3.8, 4) is 0 Å². The lowest BCUT2D eigenvalue weighted by molar-refractivity contribution is -0.113. The first-order valence-electron chi connectivity index (χ1n) is 5.33. The largest absolute Gasteiger partial charge is 0.323 e. The standard InChI is InChI=1S/C11H9BrFN3OS3/c1-18-10-15-16-11(20-10)19-5-9(17)14-8-3-2-6(12)4-7(8)13/h2-4H,5H2,1H3,(H,14,17). The van der Waals surface area contributed by atoms with Gasteiger partial charge in [-0.25, -0.2) is 4.39 Å². The van der Waals surface area contributed by atoms with Crippen molar-refractivity contribution in [2.24, 2.45) is 0 Å². The number of amides is 1. The smallest absolute Gasteiger partial charge is 0.234 e. The number of rotatable bonds is 5. The highest BCUT2D eigenvalue weighted by Gasteiger charge is 2.10. The average Bonchev–Trinajstić information content (AvgIpc) is 2.88. The third kappa shape index (κ3) is 4.44. The summed E-state index contributed by atoms with van der Waals surface area (Å²) in [5.74, 6) is -0.589. The Morgan fingerprint density at radius 3 is 2.85 bits per heavy atom. The van der Waals surface area contributed by atoms with Crippen LogP contribution in [0.25, 0.3) is 0 Å². The molecule has 0 radical (unpaired) electrons. The summed E-state index contributed by atoms with van der Waals surface area (Å²) in [6, 6.07) is 4.48. The van der Waals surface area contributed by atoms with Gasteiger partial charge in [0.2, 0.25) is 5.91 Å². The predicted octanol–water partition coefficient (Wildman–Crippen LogP) is 3.89. The van der Waals surface area contributed by atoms with Gasteiger partial charge in [-0.15, -0.1) is 10.2 Å². The van der Waals surface area contributed by atoms with Crippen LogP contribution in [0.3, 0.4) is 0 Å². The molecule has 0 bridgehead atoms. The Hall–Kier alpha value is -0.640. The summed E-state index contributed by atoms with van der Waals surface area (Å²) in [5.41, 5.74) is 0.167. The van der Waals surface area contributed by atoms with Crippen LogP contribution in [0.2, 0.25) is 0 Å². The quantitative estimate of drug-likeness (QED) is 0.780. The van der Waals surface area contributed by atoms with Crippen LogP contribution in [-0.4, -0.2) is 28.1 Å². The third-order valence-corrected chi connectivity index (χ3v) is 5.62. The topological polar surface area (TPSA) is 54.9 Å². The number of hydrogen-bond donors (Lipinski definition) is 1. The summed E-state index contributed by atoms with van der Waals surface area (Å²) >= 11 is 7.38. The van der Waals surface area contributed by atoms with Crippen molar-refractivity contribution in [2.75, 3.05) is 17.3 Å². The maximum absolute atomic E-state index is 13.5. The molecule has 20 heavy (non-hydrogen) atoms. The number of nitrogens with one attached hydrogen (secondary N) is 1. The molecule has 0 atom stereocenters. The molecule has 1 N–H and O–H groups in total. The van der Waals surface area contributed by atoms with Gasteiger partial charge in [0.1, 0.15) is 5.82 Å². The van der Waals surface area contributed by atoms with E-state index in [4.69, 9.17) is 0 Å². The predicted molar refractivity (Wildman–Crippen MR) is 85.1 cm³/mol. The van der Waals surface area contributed by atoms with E-state index in [0.717, 1.165) is 8.68 Å². The van der Waals surface area contributed by atoms with Crippen molar-refractivity contribution in [1.29, 1.82) is 0 Å². The van der Waals surface area contributed by atoms with Crippen LogP contribution in [0, 0.1) is 5.82 Å². The van der Waals surface area contributed by atoms with Crippen molar-refractivity contribution < 1.29 is 9.18 Å². The molecule has 4 nitrogen and oxygen atoms in total. The zero-order chi connectivity index (χ0) is 14.5. The van der Waals surface area contributed by atoms with Gasteiger partial charge >= 0.3 is 0 Å². The molecule has 0 aliphatic carbocycles. The zero-order valence-electron chi connectivity index (χ0n) is 10.2. The summed E-state index contributed by atoms with van der Waals surface area (Å²) in [7, 11) is 0. The Morgan fingerprint density at radius 1 is 1.45 bits per heavy atom. The zero-order valence-corrected chi connectivity index (χ0v) is 14.3. The summed E-state index contributed by atoms with van der Waals surface area (Å²) in [5, 5.41) is 10.4. The first-order valence-corrected chi connectivity index (χ1v) is 9.15. The van der Waals surface area contributed by atoms with Gasteiger partial charge in [0.25, 0.3) is 0 Å². The van der Waals surface area contributed by atoms with E-state index in [2.05, 4.69) is 31.4 Å². The number of hydrogen-bond acceptors (Lipinski definition) is 6. The number of halogens is 2. The number of benzene rings is 1. The molecular formula is C11H9BrFN3OS3. The summed E-state index contributed by atoms with van der Waals surface area (Å²) < 4.78 is 15.8. The number of carbonyl (C=O) groups excluding carboxylic acids is 1. The minimum atomic E-state index is -0.474. The molecule has 1 heterocycles. The van der Waals surface area contributed by atoms with Crippen LogP contribution in [0.4, 0.5) is 10.1 Å². The molecule has 2 rings (SSSR count). The molecule has 0 saturated heterocycles. The Kier molecular flexibility index (Phi) is 5.82. The van der Waals surface area contributed by atoms with E-state index in [1.165, 1.54) is 47.0 Å². The molecule has 0 unspecified atom stereocenters. The minimum absolute atomic E-state index is 0.165. The fraction of sp³-hybridized carbons (Fsp3) is 0.182. The number of aromatic nitrogens is 2. The van der Waals surface area contributed by atoms with Crippen LogP contribution < -0.4 is 5.32 Å². The highest BCUT2D eigenvalue weighted by atomic mass is 79.9. The average molecular weight is 394 g/mol. The lowest BCUT2D eigenvalue weighted by Crippen LogP contribution is -2.14. The van der Waals surface area contributed by atoms with E-state index < -0.39 is 5.82 Å². The Bertz CT molecular complexity index is 623. The summed E-state index contributed by atoms with van der Waals surface area (Å²) in [4.78, 5) is 11.7. The van der Waals surface area contributed by atoms with Gasteiger partial charge < -0.3 is 5.32 Å².